The van der Waals surface area contributed by atoms with E-state index in [0.717, 1.165) is 18.0 Å². The maximum atomic E-state index is 6.24. The minimum atomic E-state index is 0.355. The van der Waals surface area contributed by atoms with Gasteiger partial charge in [0.05, 0.1) is 0 Å². The second kappa shape index (κ2) is 6.37. The number of hydrogen-bond acceptors (Lipinski definition) is 2. The molecule has 0 saturated heterocycles. The van der Waals surface area contributed by atoms with E-state index in [0.29, 0.717) is 6.04 Å². The Hall–Kier alpha value is -0.830. The van der Waals surface area contributed by atoms with Crippen LogP contribution >= 0.6 is 22.9 Å². The van der Waals surface area contributed by atoms with Gasteiger partial charge in [-0.05, 0) is 43.7 Å². The molecule has 18 heavy (non-hydrogen) atoms. The van der Waals surface area contributed by atoms with E-state index in [2.05, 4.69) is 37.4 Å². The van der Waals surface area contributed by atoms with Crippen LogP contribution in [-0.2, 0) is 6.42 Å². The number of benzene rings is 1. The molecule has 1 atom stereocenters. The molecule has 1 aromatic heterocycles. The Morgan fingerprint density at radius 3 is 2.61 bits per heavy atom. The van der Waals surface area contributed by atoms with Crippen molar-refractivity contribution < 1.29 is 0 Å². The molecule has 96 valence electrons. The summed E-state index contributed by atoms with van der Waals surface area (Å²) in [6.45, 7) is 5.25. The molecule has 0 radical (unpaired) electrons. The molecule has 0 aliphatic rings. The molecule has 2 rings (SSSR count). The Bertz CT molecular complexity index is 507. The van der Waals surface area contributed by atoms with Crippen LogP contribution in [0.4, 0.5) is 0 Å². The first-order chi connectivity index (χ1) is 8.70. The number of aryl methyl sites for hydroxylation is 1. The molecule has 0 saturated carbocycles. The molecular weight excluding hydrogens is 262 g/mol. The fraction of sp³-hybridized carbons (Fsp3) is 0.333. The van der Waals surface area contributed by atoms with Crippen LogP contribution < -0.4 is 5.32 Å². The van der Waals surface area contributed by atoms with Crippen LogP contribution in [0.5, 0.6) is 0 Å². The normalized spacial score (nSPS) is 12.6. The van der Waals surface area contributed by atoms with Crippen molar-refractivity contribution >= 4 is 22.9 Å². The molecule has 1 N–H and O–H groups in total. The van der Waals surface area contributed by atoms with Gasteiger partial charge in [0.2, 0.25) is 0 Å². The lowest BCUT2D eigenvalue weighted by atomic mass is 10.0. The van der Waals surface area contributed by atoms with Gasteiger partial charge in [-0.25, -0.2) is 0 Å². The summed E-state index contributed by atoms with van der Waals surface area (Å²) in [4.78, 5) is 2.74. The van der Waals surface area contributed by atoms with Crippen molar-refractivity contribution in [3.63, 3.8) is 0 Å². The number of nitrogens with one attached hydrogen (secondary N) is 1. The van der Waals surface area contributed by atoms with Crippen molar-refractivity contribution in [3.8, 4) is 0 Å². The summed E-state index contributed by atoms with van der Waals surface area (Å²) < 4.78 is 0. The molecule has 0 aliphatic heterocycles. The van der Waals surface area contributed by atoms with Crippen molar-refractivity contribution in [1.29, 1.82) is 0 Å². The van der Waals surface area contributed by atoms with Crippen molar-refractivity contribution in [3.05, 3.63) is 56.7 Å². The maximum absolute atomic E-state index is 6.24. The molecule has 1 heterocycles. The van der Waals surface area contributed by atoms with Crippen LogP contribution in [0.3, 0.4) is 0 Å². The lowest BCUT2D eigenvalue weighted by Gasteiger charge is -2.17. The van der Waals surface area contributed by atoms with E-state index in [1.54, 1.807) is 0 Å². The van der Waals surface area contributed by atoms with Crippen LogP contribution in [0.1, 0.15) is 28.3 Å². The molecular formula is C15H18ClNS. The Morgan fingerprint density at radius 2 is 2.00 bits per heavy atom. The number of likely N-dealkylation sites (N-methyl/N-ethyl adjacent to an activating group) is 1. The third-order valence-corrected chi connectivity index (χ3v) is 4.42. The maximum Gasteiger partial charge on any atom is 0.0456 e. The Kier molecular flexibility index (Phi) is 4.81. The predicted molar refractivity (Wildman–Crippen MR) is 80.6 cm³/mol. The van der Waals surface area contributed by atoms with E-state index in [1.807, 2.05) is 29.5 Å². The highest BCUT2D eigenvalue weighted by Gasteiger charge is 2.14. The first kappa shape index (κ1) is 13.6. The van der Waals surface area contributed by atoms with Crippen LogP contribution in [0.15, 0.2) is 36.4 Å². The minimum absolute atomic E-state index is 0.355. The summed E-state index contributed by atoms with van der Waals surface area (Å²) in [5.74, 6) is 0. The van der Waals surface area contributed by atoms with Crippen LogP contribution in [-0.4, -0.2) is 6.54 Å². The van der Waals surface area contributed by atoms with Crippen molar-refractivity contribution in [2.24, 2.45) is 0 Å². The largest absolute Gasteiger partial charge is 0.309 e. The summed E-state index contributed by atoms with van der Waals surface area (Å²) in [5.41, 5.74) is 1.20. The number of hydrogen-bond donors (Lipinski definition) is 1. The van der Waals surface area contributed by atoms with E-state index in [-0.39, 0.29) is 0 Å². The number of rotatable bonds is 5. The van der Waals surface area contributed by atoms with Crippen LogP contribution in [0.2, 0.25) is 5.02 Å². The van der Waals surface area contributed by atoms with Gasteiger partial charge in [0.15, 0.2) is 0 Å². The molecule has 2 aromatic rings. The second-order valence-corrected chi connectivity index (χ2v) is 6.08. The van der Waals surface area contributed by atoms with E-state index in [4.69, 9.17) is 11.6 Å². The summed E-state index contributed by atoms with van der Waals surface area (Å²) in [7, 11) is 0. The lowest BCUT2D eigenvalue weighted by molar-refractivity contribution is 0.558. The topological polar surface area (TPSA) is 12.0 Å². The second-order valence-electron chi connectivity index (χ2n) is 4.35. The van der Waals surface area contributed by atoms with Crippen LogP contribution in [0.25, 0.3) is 0 Å². The van der Waals surface area contributed by atoms with Gasteiger partial charge in [0.25, 0.3) is 0 Å². The van der Waals surface area contributed by atoms with Crippen molar-refractivity contribution in [1.82, 2.24) is 5.32 Å². The number of halogens is 1. The monoisotopic (exact) mass is 279 g/mol. The van der Waals surface area contributed by atoms with E-state index in [9.17, 15) is 0 Å². The molecule has 0 spiro atoms. The Labute approximate surface area is 118 Å². The fourth-order valence-electron chi connectivity index (χ4n) is 2.04. The third-order valence-electron chi connectivity index (χ3n) is 2.94. The molecule has 0 bridgehead atoms. The highest BCUT2D eigenvalue weighted by Crippen LogP contribution is 2.28. The van der Waals surface area contributed by atoms with Gasteiger partial charge < -0.3 is 5.32 Å². The zero-order valence-corrected chi connectivity index (χ0v) is 12.3. The first-order valence-electron chi connectivity index (χ1n) is 6.24. The summed E-state index contributed by atoms with van der Waals surface area (Å²) in [5, 5.41) is 4.39. The average Bonchev–Trinajstić information content (AvgIpc) is 2.78. The van der Waals surface area contributed by atoms with Gasteiger partial charge in [-0.15, -0.1) is 11.3 Å². The standard InChI is InChI=1S/C15H18ClNS/c1-3-17-14(15-9-8-11(2)18-15)10-12-6-4-5-7-13(12)16/h4-9,14,17H,3,10H2,1-2H3. The van der Waals surface area contributed by atoms with E-state index >= 15 is 0 Å². The fourth-order valence-corrected chi connectivity index (χ4v) is 3.21. The van der Waals surface area contributed by atoms with Gasteiger partial charge >= 0.3 is 0 Å². The molecule has 1 unspecified atom stereocenters. The Morgan fingerprint density at radius 1 is 1.22 bits per heavy atom. The van der Waals surface area contributed by atoms with Gasteiger partial charge in [-0.2, -0.15) is 0 Å². The molecule has 0 amide bonds. The highest BCUT2D eigenvalue weighted by atomic mass is 35.5. The van der Waals surface area contributed by atoms with E-state index in [1.165, 1.54) is 15.3 Å². The van der Waals surface area contributed by atoms with Gasteiger partial charge in [-0.3, -0.25) is 0 Å². The first-order valence-corrected chi connectivity index (χ1v) is 7.43. The SMILES string of the molecule is CCNC(Cc1ccccc1Cl)c1ccc(C)s1. The van der Waals surface area contributed by atoms with Crippen molar-refractivity contribution in [2.75, 3.05) is 6.54 Å². The molecule has 1 nitrogen and oxygen atoms in total. The smallest absolute Gasteiger partial charge is 0.0456 e. The van der Waals surface area contributed by atoms with Gasteiger partial charge in [0.1, 0.15) is 0 Å². The molecule has 0 fully saturated rings. The molecule has 0 aliphatic carbocycles. The highest BCUT2D eigenvalue weighted by molar-refractivity contribution is 7.12. The summed E-state index contributed by atoms with van der Waals surface area (Å²) in [6.07, 6.45) is 0.938. The van der Waals surface area contributed by atoms with Gasteiger partial charge in [-0.1, -0.05) is 36.7 Å². The van der Waals surface area contributed by atoms with Crippen LogP contribution in [0, 0.1) is 6.92 Å². The summed E-state index contributed by atoms with van der Waals surface area (Å²) in [6, 6.07) is 12.8. The number of thiophene rings is 1. The molecule has 1 aromatic carbocycles. The minimum Gasteiger partial charge on any atom is -0.309 e. The average molecular weight is 280 g/mol. The zero-order valence-electron chi connectivity index (χ0n) is 10.7. The quantitative estimate of drug-likeness (QED) is 0.843. The Balaban J connectivity index is 2.19. The zero-order chi connectivity index (χ0) is 13.0. The summed E-state index contributed by atoms with van der Waals surface area (Å²) >= 11 is 8.09. The lowest BCUT2D eigenvalue weighted by Crippen LogP contribution is -2.22. The van der Waals surface area contributed by atoms with E-state index < -0.39 is 0 Å². The van der Waals surface area contributed by atoms with Crippen molar-refractivity contribution in [2.45, 2.75) is 26.3 Å². The van der Waals surface area contributed by atoms with Gasteiger partial charge in [0, 0.05) is 20.8 Å². The predicted octanol–water partition coefficient (Wildman–Crippen LogP) is 4.60. The molecule has 3 heteroatoms. The third kappa shape index (κ3) is 3.35.